The summed E-state index contributed by atoms with van der Waals surface area (Å²) in [7, 11) is 0. The van der Waals surface area contributed by atoms with Crippen molar-refractivity contribution in [2.45, 2.75) is 12.8 Å². The minimum Gasteiger partial charge on any atom is -0.451 e. The van der Waals surface area contributed by atoms with Crippen molar-refractivity contribution in [2.24, 2.45) is 0 Å². The molecule has 0 N–H and O–H groups in total. The van der Waals surface area contributed by atoms with Gasteiger partial charge in [0.2, 0.25) is 0 Å². The summed E-state index contributed by atoms with van der Waals surface area (Å²) in [6.07, 6.45) is 10.4. The third kappa shape index (κ3) is 2.32. The normalized spacial score (nSPS) is 11.2. The van der Waals surface area contributed by atoms with Crippen molar-refractivity contribution < 1.29 is 13.3 Å². The Bertz CT molecular complexity index is 522. The maximum atomic E-state index is 5.32. The van der Waals surface area contributed by atoms with Crippen LogP contribution in [0.4, 0.5) is 0 Å². The first-order valence-corrected chi connectivity index (χ1v) is 5.41. The molecule has 0 aliphatic rings. The fraction of sp³-hybridized carbons (Fsp3) is 0.167. The van der Waals surface area contributed by atoms with E-state index in [1.807, 2.05) is 0 Å². The molecule has 1 radical (unpaired) electrons. The van der Waals surface area contributed by atoms with Gasteiger partial charge in [-0.1, -0.05) is 0 Å². The Balaban J connectivity index is 1.80. The maximum Gasteiger partial charge on any atom is 0.194 e. The summed E-state index contributed by atoms with van der Waals surface area (Å²) in [4.78, 5) is 12.1. The van der Waals surface area contributed by atoms with Crippen molar-refractivity contribution in [1.82, 2.24) is 15.0 Å². The number of hydrogen-bond donors (Lipinski definition) is 0. The summed E-state index contributed by atoms with van der Waals surface area (Å²) in [6.45, 7) is 0. The monoisotopic (exact) mass is 244 g/mol. The van der Waals surface area contributed by atoms with Gasteiger partial charge >= 0.3 is 0 Å². The highest BCUT2D eigenvalue weighted by Gasteiger charge is 2.20. The zero-order chi connectivity index (χ0) is 12.2. The summed E-state index contributed by atoms with van der Waals surface area (Å²) < 4.78 is 15.5. The van der Waals surface area contributed by atoms with Gasteiger partial charge in [0.25, 0.3) is 0 Å². The van der Waals surface area contributed by atoms with Gasteiger partial charge in [0.05, 0.1) is 24.0 Å². The summed E-state index contributed by atoms with van der Waals surface area (Å²) in [6, 6.07) is 0. The second-order valence-corrected chi connectivity index (χ2v) is 3.73. The standard InChI is InChI=1S/C12H10N3O3/c1-2-17-12(14-1)4-9(11-5-13-7-18-11)3-10-6-16-8-15-10/h1-2,5-8H,3-4H2. The SMILES string of the molecule is c1coc(C[C](Cc2cocn2)c2cnco2)n1. The van der Waals surface area contributed by atoms with Gasteiger partial charge in [0, 0.05) is 12.8 Å². The van der Waals surface area contributed by atoms with E-state index >= 15 is 0 Å². The van der Waals surface area contributed by atoms with Gasteiger partial charge in [-0.15, -0.1) is 0 Å². The molecule has 0 aromatic carbocycles. The molecule has 0 saturated heterocycles. The smallest absolute Gasteiger partial charge is 0.194 e. The molecule has 0 atom stereocenters. The van der Waals surface area contributed by atoms with Crippen molar-refractivity contribution in [2.75, 3.05) is 0 Å². The molecule has 0 fully saturated rings. The van der Waals surface area contributed by atoms with Crippen molar-refractivity contribution in [3.8, 4) is 0 Å². The van der Waals surface area contributed by atoms with Gasteiger partial charge in [-0.25, -0.2) is 15.0 Å². The first kappa shape index (κ1) is 10.8. The molecule has 18 heavy (non-hydrogen) atoms. The molecule has 3 rings (SSSR count). The molecule has 0 bridgehead atoms. The number of nitrogens with zero attached hydrogens (tertiary/aromatic N) is 3. The predicted octanol–water partition coefficient (Wildman–Crippen LogP) is 2.06. The summed E-state index contributed by atoms with van der Waals surface area (Å²) in [5.74, 6) is 2.32. The quantitative estimate of drug-likeness (QED) is 0.683. The van der Waals surface area contributed by atoms with Crippen LogP contribution in [0.3, 0.4) is 0 Å². The number of hydrogen-bond acceptors (Lipinski definition) is 6. The van der Waals surface area contributed by atoms with E-state index in [4.69, 9.17) is 13.3 Å². The molecule has 91 valence electrons. The maximum absolute atomic E-state index is 5.32. The number of oxazole rings is 3. The van der Waals surface area contributed by atoms with Crippen LogP contribution in [0.25, 0.3) is 0 Å². The Morgan fingerprint density at radius 1 is 1.11 bits per heavy atom. The van der Waals surface area contributed by atoms with Crippen LogP contribution in [-0.4, -0.2) is 15.0 Å². The molecule has 6 nitrogen and oxygen atoms in total. The first-order valence-electron chi connectivity index (χ1n) is 5.41. The fourth-order valence-electron chi connectivity index (χ4n) is 1.69. The van der Waals surface area contributed by atoms with Gasteiger partial charge < -0.3 is 13.3 Å². The number of rotatable bonds is 5. The van der Waals surface area contributed by atoms with Gasteiger partial charge in [-0.2, -0.15) is 0 Å². The Morgan fingerprint density at radius 3 is 2.78 bits per heavy atom. The van der Waals surface area contributed by atoms with Crippen molar-refractivity contribution >= 4 is 0 Å². The summed E-state index contributed by atoms with van der Waals surface area (Å²) in [5.41, 5.74) is 0.827. The Kier molecular flexibility index (Phi) is 2.91. The van der Waals surface area contributed by atoms with E-state index < -0.39 is 0 Å². The molecule has 3 aromatic rings. The highest BCUT2D eigenvalue weighted by atomic mass is 16.3. The Hall–Kier alpha value is -2.37. The molecule has 3 heterocycles. The Morgan fingerprint density at radius 2 is 2.11 bits per heavy atom. The van der Waals surface area contributed by atoms with E-state index in [1.165, 1.54) is 12.8 Å². The van der Waals surface area contributed by atoms with Gasteiger partial charge in [-0.3, -0.25) is 0 Å². The fourth-order valence-corrected chi connectivity index (χ4v) is 1.69. The molecule has 0 aliphatic carbocycles. The van der Waals surface area contributed by atoms with Crippen molar-refractivity contribution in [3.05, 3.63) is 61.0 Å². The van der Waals surface area contributed by atoms with E-state index in [1.54, 1.807) is 24.9 Å². The molecule has 0 unspecified atom stereocenters. The highest BCUT2D eigenvalue weighted by Crippen LogP contribution is 2.22. The predicted molar refractivity (Wildman–Crippen MR) is 59.3 cm³/mol. The third-order valence-corrected chi connectivity index (χ3v) is 2.51. The lowest BCUT2D eigenvalue weighted by Crippen LogP contribution is -2.07. The van der Waals surface area contributed by atoms with E-state index in [2.05, 4.69) is 15.0 Å². The van der Waals surface area contributed by atoms with E-state index in [0.29, 0.717) is 24.5 Å². The average Bonchev–Trinajstić information content (AvgIpc) is 3.13. The minimum atomic E-state index is 0.551. The third-order valence-electron chi connectivity index (χ3n) is 2.51. The van der Waals surface area contributed by atoms with Crippen molar-refractivity contribution in [3.63, 3.8) is 0 Å². The highest BCUT2D eigenvalue weighted by molar-refractivity contribution is 5.23. The van der Waals surface area contributed by atoms with Crippen LogP contribution in [-0.2, 0) is 12.8 Å². The largest absolute Gasteiger partial charge is 0.451 e. The molecule has 0 spiro atoms. The van der Waals surface area contributed by atoms with Gasteiger partial charge in [-0.05, 0) is 0 Å². The average molecular weight is 244 g/mol. The lowest BCUT2D eigenvalue weighted by atomic mass is 9.97. The second kappa shape index (κ2) is 4.87. The van der Waals surface area contributed by atoms with Crippen LogP contribution >= 0.6 is 0 Å². The van der Waals surface area contributed by atoms with Crippen LogP contribution in [0.2, 0.25) is 0 Å². The molecule has 3 aromatic heterocycles. The summed E-state index contributed by atoms with van der Waals surface area (Å²) in [5, 5.41) is 0. The van der Waals surface area contributed by atoms with Crippen LogP contribution < -0.4 is 0 Å². The first-order chi connectivity index (χ1) is 8.92. The van der Waals surface area contributed by atoms with E-state index in [-0.39, 0.29) is 0 Å². The Labute approximate surface area is 103 Å². The van der Waals surface area contributed by atoms with Crippen molar-refractivity contribution in [1.29, 1.82) is 0 Å². The zero-order valence-corrected chi connectivity index (χ0v) is 9.44. The van der Waals surface area contributed by atoms with Crippen LogP contribution in [0.15, 0.2) is 51.0 Å². The minimum absolute atomic E-state index is 0.551. The van der Waals surface area contributed by atoms with Gasteiger partial charge in [0.1, 0.15) is 18.3 Å². The van der Waals surface area contributed by atoms with Crippen LogP contribution in [0.5, 0.6) is 0 Å². The van der Waals surface area contributed by atoms with Crippen LogP contribution in [0, 0.1) is 5.92 Å². The number of aromatic nitrogens is 3. The summed E-state index contributed by atoms with van der Waals surface area (Å²) >= 11 is 0. The zero-order valence-electron chi connectivity index (χ0n) is 9.44. The molecule has 0 saturated carbocycles. The second-order valence-electron chi connectivity index (χ2n) is 3.73. The molecular weight excluding hydrogens is 234 g/mol. The lowest BCUT2D eigenvalue weighted by Gasteiger charge is -2.09. The molecule has 6 heteroatoms. The molecular formula is C12H10N3O3. The van der Waals surface area contributed by atoms with Crippen LogP contribution in [0.1, 0.15) is 17.3 Å². The molecule has 0 aliphatic heterocycles. The van der Waals surface area contributed by atoms with E-state index in [0.717, 1.165) is 11.6 Å². The molecule has 0 amide bonds. The van der Waals surface area contributed by atoms with E-state index in [9.17, 15) is 0 Å². The lowest BCUT2D eigenvalue weighted by molar-refractivity contribution is 0.470. The topological polar surface area (TPSA) is 78.1 Å². The van der Waals surface area contributed by atoms with Gasteiger partial charge in [0.15, 0.2) is 18.7 Å².